The molecule has 0 heterocycles. The predicted molar refractivity (Wildman–Crippen MR) is 101 cm³/mol. The molecular weight excluding hydrogens is 332 g/mol. The Kier molecular flexibility index (Phi) is 6.44. The average molecular weight is 354 g/mol. The van der Waals surface area contributed by atoms with Gasteiger partial charge in [-0.25, -0.2) is 4.79 Å². The number of ether oxygens (including phenoxy) is 1. The Morgan fingerprint density at radius 1 is 0.920 bits per heavy atom. The Bertz CT molecular complexity index is 744. The van der Waals surface area contributed by atoms with Crippen LogP contribution in [-0.2, 0) is 9.16 Å². The van der Waals surface area contributed by atoms with E-state index in [1.165, 1.54) is 6.08 Å². The second kappa shape index (κ2) is 8.55. The van der Waals surface area contributed by atoms with Crippen molar-refractivity contribution in [1.29, 1.82) is 0 Å². The van der Waals surface area contributed by atoms with Crippen molar-refractivity contribution in [2.45, 2.75) is 19.6 Å². The highest BCUT2D eigenvalue weighted by atomic mass is 28.4. The Morgan fingerprint density at radius 3 is 2.12 bits per heavy atom. The van der Waals surface area contributed by atoms with Gasteiger partial charge in [0.1, 0.15) is 0 Å². The van der Waals surface area contributed by atoms with Gasteiger partial charge < -0.3 is 9.16 Å². The van der Waals surface area contributed by atoms with Crippen molar-refractivity contribution in [3.05, 3.63) is 77.4 Å². The maximum atomic E-state index is 12.2. The minimum Gasteiger partial charge on any atom is -0.436 e. The molecule has 0 aliphatic heterocycles. The predicted octanol–water partition coefficient (Wildman–Crippen LogP) is 4.55. The van der Waals surface area contributed by atoms with Gasteiger partial charge in [-0.05, 0) is 43.4 Å². The molecule has 0 N–H and O–H groups in total. The molecule has 0 saturated carbocycles. The lowest BCUT2D eigenvalue weighted by Crippen LogP contribution is -2.27. The molecule has 130 valence electrons. The summed E-state index contributed by atoms with van der Waals surface area (Å²) in [6.07, 6.45) is 3.28. The number of carbonyl (C=O) groups is 2. The third-order valence-electron chi connectivity index (χ3n) is 3.31. The van der Waals surface area contributed by atoms with Gasteiger partial charge in [0, 0.05) is 5.56 Å². The van der Waals surface area contributed by atoms with E-state index in [-0.39, 0.29) is 12.6 Å². The number of ketones is 1. The van der Waals surface area contributed by atoms with Crippen LogP contribution in [0.3, 0.4) is 0 Å². The van der Waals surface area contributed by atoms with Gasteiger partial charge >= 0.3 is 5.97 Å². The van der Waals surface area contributed by atoms with Gasteiger partial charge in [0.15, 0.2) is 20.9 Å². The molecule has 5 heteroatoms. The maximum Gasteiger partial charge on any atom is 0.340 e. The van der Waals surface area contributed by atoms with Crippen molar-refractivity contribution in [3.8, 4) is 0 Å². The van der Waals surface area contributed by atoms with Gasteiger partial charge in [-0.2, -0.15) is 0 Å². The molecule has 0 saturated heterocycles. The lowest BCUT2D eigenvalue weighted by Gasteiger charge is -2.16. The van der Waals surface area contributed by atoms with Crippen LogP contribution < -0.4 is 0 Å². The van der Waals surface area contributed by atoms with E-state index in [0.717, 1.165) is 5.56 Å². The molecule has 0 amide bonds. The zero-order valence-corrected chi connectivity index (χ0v) is 15.7. The fourth-order valence-electron chi connectivity index (χ4n) is 1.95. The average Bonchev–Trinajstić information content (AvgIpc) is 2.59. The van der Waals surface area contributed by atoms with E-state index in [9.17, 15) is 9.59 Å². The summed E-state index contributed by atoms with van der Waals surface area (Å²) in [5, 5.41) is 0. The summed E-state index contributed by atoms with van der Waals surface area (Å²) in [4.78, 5) is 24.1. The van der Waals surface area contributed by atoms with E-state index in [4.69, 9.17) is 9.16 Å². The van der Waals surface area contributed by atoms with E-state index in [0.29, 0.717) is 11.1 Å². The van der Waals surface area contributed by atoms with Gasteiger partial charge in [-0.1, -0.05) is 48.5 Å². The zero-order valence-electron chi connectivity index (χ0n) is 14.7. The van der Waals surface area contributed by atoms with Gasteiger partial charge in [0.2, 0.25) is 0 Å². The van der Waals surface area contributed by atoms with Crippen molar-refractivity contribution < 1.29 is 18.8 Å². The first-order valence-corrected chi connectivity index (χ1v) is 11.4. The normalized spacial score (nSPS) is 11.5. The number of benzene rings is 2. The Morgan fingerprint density at radius 2 is 1.52 bits per heavy atom. The first-order chi connectivity index (χ1) is 11.8. The smallest absolute Gasteiger partial charge is 0.340 e. The number of carbonyl (C=O) groups excluding carboxylic acids is 2. The zero-order chi connectivity index (χ0) is 18.3. The van der Waals surface area contributed by atoms with Crippen LogP contribution in [0, 0.1) is 0 Å². The van der Waals surface area contributed by atoms with Crippen LogP contribution in [0.5, 0.6) is 0 Å². The molecular formula is C20H22O4Si. The first kappa shape index (κ1) is 18.8. The number of esters is 1. The summed E-state index contributed by atoms with van der Waals surface area (Å²) in [6, 6.07) is 16.0. The van der Waals surface area contributed by atoms with Crippen molar-refractivity contribution in [1.82, 2.24) is 0 Å². The van der Waals surface area contributed by atoms with E-state index < -0.39 is 14.3 Å². The highest BCUT2D eigenvalue weighted by molar-refractivity contribution is 6.69. The summed E-state index contributed by atoms with van der Waals surface area (Å²) in [5.74, 6) is -0.581. The molecule has 0 aliphatic carbocycles. The maximum absolute atomic E-state index is 12.2. The van der Waals surface area contributed by atoms with E-state index in [1.807, 2.05) is 50.0 Å². The summed E-state index contributed by atoms with van der Waals surface area (Å²) in [6.45, 7) is 6.01. The van der Waals surface area contributed by atoms with Crippen LogP contribution >= 0.6 is 0 Å². The number of allylic oxidation sites excluding steroid dienone is 1. The Balaban J connectivity index is 1.93. The summed E-state index contributed by atoms with van der Waals surface area (Å²) in [5.41, 5.74) is 1.86. The van der Waals surface area contributed by atoms with E-state index in [2.05, 4.69) is 0 Å². The molecule has 2 rings (SSSR count). The van der Waals surface area contributed by atoms with Gasteiger partial charge in [0.25, 0.3) is 0 Å². The van der Waals surface area contributed by atoms with Crippen LogP contribution in [0.2, 0.25) is 19.6 Å². The molecule has 0 aliphatic rings. The third kappa shape index (κ3) is 6.49. The van der Waals surface area contributed by atoms with Crippen molar-refractivity contribution >= 4 is 26.1 Å². The largest absolute Gasteiger partial charge is 0.436 e. The summed E-state index contributed by atoms with van der Waals surface area (Å²) >= 11 is 0. The van der Waals surface area contributed by atoms with Crippen molar-refractivity contribution in [3.63, 3.8) is 0 Å². The standard InChI is InChI=1S/C20H22O4Si/c1-25(2,3)24-15-23-20(22)18-12-10-17(11-13-18)19(21)14-9-16-7-5-4-6-8-16/h4-14H,15H2,1-3H3. The first-order valence-electron chi connectivity index (χ1n) is 8.04. The fourth-order valence-corrected chi connectivity index (χ4v) is 2.36. The van der Waals surface area contributed by atoms with E-state index >= 15 is 0 Å². The molecule has 0 radical (unpaired) electrons. The molecule has 0 fully saturated rings. The number of hydrogen-bond donors (Lipinski definition) is 0. The molecule has 2 aromatic rings. The molecule has 0 atom stereocenters. The molecule has 0 unspecified atom stereocenters. The van der Waals surface area contributed by atoms with Crippen LogP contribution in [-0.4, -0.2) is 26.9 Å². The minimum atomic E-state index is -1.72. The van der Waals surface area contributed by atoms with Crippen LogP contribution in [0.25, 0.3) is 6.08 Å². The number of rotatable bonds is 7. The lowest BCUT2D eigenvalue weighted by atomic mass is 10.1. The molecule has 0 spiro atoms. The van der Waals surface area contributed by atoms with Crippen LogP contribution in [0.1, 0.15) is 26.3 Å². The third-order valence-corrected chi connectivity index (χ3v) is 4.30. The van der Waals surface area contributed by atoms with Crippen molar-refractivity contribution in [2.75, 3.05) is 6.79 Å². The van der Waals surface area contributed by atoms with Crippen LogP contribution in [0.15, 0.2) is 60.7 Å². The van der Waals surface area contributed by atoms with Crippen LogP contribution in [0.4, 0.5) is 0 Å². The van der Waals surface area contributed by atoms with Crippen molar-refractivity contribution in [2.24, 2.45) is 0 Å². The van der Waals surface area contributed by atoms with E-state index in [1.54, 1.807) is 30.3 Å². The fraction of sp³-hybridized carbons (Fsp3) is 0.200. The second-order valence-corrected chi connectivity index (χ2v) is 11.0. The molecule has 25 heavy (non-hydrogen) atoms. The lowest BCUT2D eigenvalue weighted by molar-refractivity contribution is 0.0131. The van der Waals surface area contributed by atoms with Gasteiger partial charge in [-0.3, -0.25) is 4.79 Å². The molecule has 0 bridgehead atoms. The molecule has 0 aromatic heterocycles. The summed E-state index contributed by atoms with van der Waals surface area (Å²) in [7, 11) is -1.72. The quantitative estimate of drug-likeness (QED) is 0.241. The molecule has 2 aromatic carbocycles. The SMILES string of the molecule is C[Si](C)(C)OCOC(=O)c1ccc(C(=O)C=Cc2ccccc2)cc1. The Labute approximate surface area is 149 Å². The minimum absolute atomic E-state index is 0.0466. The summed E-state index contributed by atoms with van der Waals surface area (Å²) < 4.78 is 10.6. The monoisotopic (exact) mass is 354 g/mol. The Hall–Kier alpha value is -2.50. The second-order valence-electron chi connectivity index (χ2n) is 6.49. The van der Waals surface area contributed by atoms with Gasteiger partial charge in [-0.15, -0.1) is 0 Å². The highest BCUT2D eigenvalue weighted by Gasteiger charge is 2.15. The van der Waals surface area contributed by atoms with Gasteiger partial charge in [0.05, 0.1) is 5.56 Å². The topological polar surface area (TPSA) is 52.6 Å². The highest BCUT2D eigenvalue weighted by Crippen LogP contribution is 2.10. The molecule has 4 nitrogen and oxygen atoms in total. The number of hydrogen-bond acceptors (Lipinski definition) is 4.